The lowest BCUT2D eigenvalue weighted by Crippen LogP contribution is -2.18. The zero-order valence-electron chi connectivity index (χ0n) is 13.3. The third-order valence-corrected chi connectivity index (χ3v) is 3.60. The number of aromatic nitrogens is 2. The number of nitrogens with zero attached hydrogens (tertiary/aromatic N) is 3. The predicted molar refractivity (Wildman–Crippen MR) is 88.2 cm³/mol. The Morgan fingerprint density at radius 1 is 1.21 bits per heavy atom. The zero-order chi connectivity index (χ0) is 17.1. The lowest BCUT2D eigenvalue weighted by atomic mass is 10.2. The normalized spacial score (nSPS) is 10.4. The fourth-order valence-electron chi connectivity index (χ4n) is 2.45. The molecule has 0 amide bonds. The van der Waals surface area contributed by atoms with Crippen LogP contribution in [-0.4, -0.2) is 16.5 Å². The molecule has 3 rings (SSSR count). The van der Waals surface area contributed by atoms with Crippen molar-refractivity contribution >= 4 is 5.65 Å². The molecule has 0 radical (unpaired) electrons. The first-order valence-electron chi connectivity index (χ1n) is 7.31. The Morgan fingerprint density at radius 3 is 2.79 bits per heavy atom. The number of benzene rings is 1. The molecule has 0 aliphatic rings. The lowest BCUT2D eigenvalue weighted by Gasteiger charge is -2.11. The minimum Gasteiger partial charge on any atom is -0.493 e. The fraction of sp³-hybridized carbons (Fsp3) is 0.167. The molecule has 24 heavy (non-hydrogen) atoms. The molecule has 0 unspecified atom stereocenters. The minimum absolute atomic E-state index is 0.127. The predicted octanol–water partition coefficient (Wildman–Crippen LogP) is 2.46. The standard InChI is InChI=1S/C18H15N3O3/c1-12-4-3-5-17-20-14(9-18(22)21(12)17)11-24-15-7-6-13(10-19)8-16(15)23-2/h3-9H,11H2,1-2H3. The van der Waals surface area contributed by atoms with Crippen LogP contribution in [0.3, 0.4) is 0 Å². The van der Waals surface area contributed by atoms with Gasteiger partial charge in [-0.3, -0.25) is 9.20 Å². The molecule has 0 fully saturated rings. The van der Waals surface area contributed by atoms with E-state index in [1.807, 2.05) is 25.1 Å². The van der Waals surface area contributed by atoms with Crippen molar-refractivity contribution in [3.05, 3.63) is 69.8 Å². The van der Waals surface area contributed by atoms with E-state index in [4.69, 9.17) is 14.7 Å². The first-order valence-corrected chi connectivity index (χ1v) is 7.31. The summed E-state index contributed by atoms with van der Waals surface area (Å²) in [4.78, 5) is 16.7. The van der Waals surface area contributed by atoms with Crippen LogP contribution in [0.4, 0.5) is 0 Å². The largest absolute Gasteiger partial charge is 0.493 e. The number of hydrogen-bond donors (Lipinski definition) is 0. The number of rotatable bonds is 4. The van der Waals surface area contributed by atoms with Crippen molar-refractivity contribution in [2.24, 2.45) is 0 Å². The van der Waals surface area contributed by atoms with E-state index in [9.17, 15) is 4.79 Å². The summed E-state index contributed by atoms with van der Waals surface area (Å²) in [6, 6.07) is 13.9. The van der Waals surface area contributed by atoms with Crippen LogP contribution in [0.15, 0.2) is 47.3 Å². The Morgan fingerprint density at radius 2 is 2.04 bits per heavy atom. The molecule has 6 heteroatoms. The van der Waals surface area contributed by atoms with Crippen molar-refractivity contribution in [1.82, 2.24) is 9.38 Å². The Labute approximate surface area is 138 Å². The van der Waals surface area contributed by atoms with E-state index in [2.05, 4.69) is 4.98 Å². The molecule has 0 N–H and O–H groups in total. The molecule has 0 atom stereocenters. The number of fused-ring (bicyclic) bond motifs is 1. The van der Waals surface area contributed by atoms with Gasteiger partial charge in [-0.15, -0.1) is 0 Å². The summed E-state index contributed by atoms with van der Waals surface area (Å²) in [6.07, 6.45) is 0. The summed E-state index contributed by atoms with van der Waals surface area (Å²) in [5, 5.41) is 8.92. The monoisotopic (exact) mass is 321 g/mol. The molecule has 0 saturated carbocycles. The van der Waals surface area contributed by atoms with Gasteiger partial charge in [-0.1, -0.05) is 6.07 Å². The highest BCUT2D eigenvalue weighted by molar-refractivity contribution is 5.47. The third kappa shape index (κ3) is 2.92. The van der Waals surface area contributed by atoms with Gasteiger partial charge in [0.25, 0.3) is 5.56 Å². The second-order valence-electron chi connectivity index (χ2n) is 5.21. The van der Waals surface area contributed by atoms with Crippen molar-refractivity contribution in [1.29, 1.82) is 5.26 Å². The van der Waals surface area contributed by atoms with Crippen LogP contribution in [0.25, 0.3) is 5.65 Å². The number of aryl methyl sites for hydroxylation is 1. The van der Waals surface area contributed by atoms with E-state index in [0.29, 0.717) is 28.4 Å². The molecule has 0 saturated heterocycles. The van der Waals surface area contributed by atoms with Gasteiger partial charge in [0.15, 0.2) is 11.5 Å². The molecule has 2 heterocycles. The van der Waals surface area contributed by atoms with Crippen molar-refractivity contribution in [2.45, 2.75) is 13.5 Å². The van der Waals surface area contributed by atoms with Crippen LogP contribution < -0.4 is 15.0 Å². The second-order valence-corrected chi connectivity index (χ2v) is 5.21. The van der Waals surface area contributed by atoms with Crippen LogP contribution in [0.2, 0.25) is 0 Å². The average molecular weight is 321 g/mol. The van der Waals surface area contributed by atoms with Gasteiger partial charge in [0.1, 0.15) is 12.3 Å². The Hall–Kier alpha value is -3.33. The molecule has 120 valence electrons. The topological polar surface area (TPSA) is 76.6 Å². The summed E-state index contributed by atoms with van der Waals surface area (Å²) in [5.41, 5.74) is 2.26. The summed E-state index contributed by atoms with van der Waals surface area (Å²) >= 11 is 0. The maximum absolute atomic E-state index is 12.2. The van der Waals surface area contributed by atoms with Crippen molar-refractivity contribution < 1.29 is 9.47 Å². The van der Waals surface area contributed by atoms with Crippen LogP contribution in [0.1, 0.15) is 17.0 Å². The van der Waals surface area contributed by atoms with Crippen molar-refractivity contribution in [3.8, 4) is 17.6 Å². The smallest absolute Gasteiger partial charge is 0.258 e. The Balaban J connectivity index is 1.89. The van der Waals surface area contributed by atoms with Crippen LogP contribution in [-0.2, 0) is 6.61 Å². The SMILES string of the molecule is COc1cc(C#N)ccc1OCc1cc(=O)n2c(C)cccc2n1. The molecule has 0 spiro atoms. The maximum Gasteiger partial charge on any atom is 0.258 e. The second kappa shape index (κ2) is 6.42. The molecule has 0 aliphatic carbocycles. The van der Waals surface area contributed by atoms with Gasteiger partial charge in [-0.05, 0) is 31.2 Å². The third-order valence-electron chi connectivity index (χ3n) is 3.60. The number of nitriles is 1. The van der Waals surface area contributed by atoms with Gasteiger partial charge < -0.3 is 9.47 Å². The zero-order valence-corrected chi connectivity index (χ0v) is 13.3. The molecule has 3 aromatic rings. The minimum atomic E-state index is -0.150. The van der Waals surface area contributed by atoms with Gasteiger partial charge in [-0.25, -0.2) is 4.98 Å². The number of methoxy groups -OCH3 is 1. The van der Waals surface area contributed by atoms with E-state index >= 15 is 0 Å². The lowest BCUT2D eigenvalue weighted by molar-refractivity contribution is 0.280. The maximum atomic E-state index is 12.2. The van der Waals surface area contributed by atoms with Crippen LogP contribution in [0.5, 0.6) is 11.5 Å². The fourth-order valence-corrected chi connectivity index (χ4v) is 2.45. The quantitative estimate of drug-likeness (QED) is 0.738. The number of hydrogen-bond acceptors (Lipinski definition) is 5. The molecule has 1 aromatic carbocycles. The molecular weight excluding hydrogens is 306 g/mol. The van der Waals surface area contributed by atoms with Gasteiger partial charge in [0.05, 0.1) is 24.4 Å². The highest BCUT2D eigenvalue weighted by Crippen LogP contribution is 2.28. The Bertz CT molecular complexity index is 1000. The molecule has 2 aromatic heterocycles. The van der Waals surface area contributed by atoms with Crippen molar-refractivity contribution in [3.63, 3.8) is 0 Å². The summed E-state index contributed by atoms with van der Waals surface area (Å²) in [7, 11) is 1.51. The molecule has 0 bridgehead atoms. The van der Waals surface area contributed by atoms with E-state index in [-0.39, 0.29) is 12.2 Å². The van der Waals surface area contributed by atoms with Gasteiger partial charge in [0.2, 0.25) is 0 Å². The van der Waals surface area contributed by atoms with Gasteiger partial charge in [0, 0.05) is 17.8 Å². The van der Waals surface area contributed by atoms with Crippen LogP contribution in [0, 0.1) is 18.3 Å². The summed E-state index contributed by atoms with van der Waals surface area (Å²) in [5.74, 6) is 0.949. The highest BCUT2D eigenvalue weighted by Gasteiger charge is 2.08. The number of ether oxygens (including phenoxy) is 2. The van der Waals surface area contributed by atoms with Gasteiger partial charge >= 0.3 is 0 Å². The molecule has 6 nitrogen and oxygen atoms in total. The van der Waals surface area contributed by atoms with Gasteiger partial charge in [-0.2, -0.15) is 5.26 Å². The average Bonchev–Trinajstić information content (AvgIpc) is 2.59. The Kier molecular flexibility index (Phi) is 4.17. The van der Waals surface area contributed by atoms with E-state index in [1.54, 1.807) is 28.7 Å². The molecule has 0 aliphatic heterocycles. The first kappa shape index (κ1) is 15.6. The highest BCUT2D eigenvalue weighted by atomic mass is 16.5. The van der Waals surface area contributed by atoms with Crippen molar-refractivity contribution in [2.75, 3.05) is 7.11 Å². The summed E-state index contributed by atoms with van der Waals surface area (Å²) in [6.45, 7) is 1.98. The number of pyridine rings is 1. The van der Waals surface area contributed by atoms with E-state index in [1.165, 1.54) is 13.2 Å². The van der Waals surface area contributed by atoms with E-state index in [0.717, 1.165) is 5.69 Å². The molecular formula is C18H15N3O3. The summed E-state index contributed by atoms with van der Waals surface area (Å²) < 4.78 is 12.5. The van der Waals surface area contributed by atoms with E-state index < -0.39 is 0 Å². The first-order chi connectivity index (χ1) is 11.6. The van der Waals surface area contributed by atoms with Crippen LogP contribution >= 0.6 is 0 Å².